The van der Waals surface area contributed by atoms with Crippen molar-refractivity contribution >= 4 is 6.21 Å². The maximum Gasteiger partial charge on any atom is 0.119 e. The Morgan fingerprint density at radius 2 is 2.00 bits per heavy atom. The van der Waals surface area contributed by atoms with Gasteiger partial charge in [0.2, 0.25) is 0 Å². The van der Waals surface area contributed by atoms with E-state index in [0.717, 1.165) is 0 Å². The summed E-state index contributed by atoms with van der Waals surface area (Å²) in [5.74, 6) is 0. The van der Waals surface area contributed by atoms with Gasteiger partial charge in [0.1, 0.15) is 6.26 Å². The minimum absolute atomic E-state index is 0.262. The zero-order chi connectivity index (χ0) is 8.86. The molecule has 0 atom stereocenters. The van der Waals surface area contributed by atoms with E-state index < -0.39 is 0 Å². The van der Waals surface area contributed by atoms with Gasteiger partial charge < -0.3 is 14.3 Å². The van der Waals surface area contributed by atoms with Crippen LogP contribution in [0.5, 0.6) is 0 Å². The molecule has 0 aromatic rings. The second kappa shape index (κ2) is 4.23. The fraction of sp³-hybridized carbons (Fsp3) is 0.625. The molecule has 1 rings (SSSR count). The first kappa shape index (κ1) is 9.22. The highest BCUT2D eigenvalue weighted by molar-refractivity contribution is 5.69. The van der Waals surface area contributed by atoms with Crippen molar-refractivity contribution < 1.29 is 14.3 Å². The van der Waals surface area contributed by atoms with E-state index in [9.17, 15) is 0 Å². The van der Waals surface area contributed by atoms with Crippen LogP contribution in [0.1, 0.15) is 0 Å². The minimum Gasteiger partial charge on any atom is -0.383 e. The summed E-state index contributed by atoms with van der Waals surface area (Å²) >= 11 is 0. The Morgan fingerprint density at radius 1 is 1.33 bits per heavy atom. The molecule has 12 heavy (non-hydrogen) atoms. The summed E-state index contributed by atoms with van der Waals surface area (Å²) in [6, 6.07) is 0. The average Bonchev–Trinajstić information content (AvgIpc) is 2.07. The van der Waals surface area contributed by atoms with Crippen LogP contribution < -0.4 is 0 Å². The molecule has 0 aromatic heterocycles. The van der Waals surface area contributed by atoms with Crippen molar-refractivity contribution in [3.05, 3.63) is 12.3 Å². The van der Waals surface area contributed by atoms with E-state index in [4.69, 9.17) is 14.3 Å². The lowest BCUT2D eigenvalue weighted by molar-refractivity contribution is 0.0725. The normalized spacial score (nSPS) is 19.2. The molecular weight excluding hydrogens is 158 g/mol. The summed E-state index contributed by atoms with van der Waals surface area (Å²) in [5, 5.41) is 3.70. The predicted octanol–water partition coefficient (Wildman–Crippen LogP) is 0.795. The molecule has 0 radical (unpaired) electrons. The van der Waals surface area contributed by atoms with Crippen LogP contribution in [-0.2, 0) is 14.3 Å². The lowest BCUT2D eigenvalue weighted by Gasteiger charge is -2.25. The van der Waals surface area contributed by atoms with Crippen LogP contribution in [0.4, 0.5) is 0 Å². The lowest BCUT2D eigenvalue weighted by atomic mass is 9.91. The minimum atomic E-state index is -0.262. The molecule has 0 unspecified atom stereocenters. The van der Waals surface area contributed by atoms with Crippen molar-refractivity contribution in [2.45, 2.75) is 0 Å². The molecule has 1 heterocycles. The molecule has 68 valence electrons. The molecule has 0 saturated carbocycles. The van der Waals surface area contributed by atoms with Crippen molar-refractivity contribution in [3.8, 4) is 0 Å². The number of ether oxygens (including phenoxy) is 2. The molecule has 0 N–H and O–H groups in total. The van der Waals surface area contributed by atoms with Gasteiger partial charge in [0.25, 0.3) is 0 Å². The Morgan fingerprint density at radius 3 is 2.42 bits per heavy atom. The van der Waals surface area contributed by atoms with Gasteiger partial charge in [-0.3, -0.25) is 0 Å². The van der Waals surface area contributed by atoms with Gasteiger partial charge in [0.15, 0.2) is 0 Å². The molecule has 0 spiro atoms. The molecule has 0 aliphatic carbocycles. The zero-order valence-electron chi connectivity index (χ0n) is 7.32. The summed E-state index contributed by atoms with van der Waals surface area (Å²) < 4.78 is 10.1. The Balaban J connectivity index is 2.63. The number of nitrogens with zero attached hydrogens (tertiary/aromatic N) is 1. The molecule has 0 amide bonds. The van der Waals surface area contributed by atoms with Crippen molar-refractivity contribution in [1.29, 1.82) is 0 Å². The highest BCUT2D eigenvalue weighted by Crippen LogP contribution is 2.20. The average molecular weight is 171 g/mol. The molecule has 0 fully saturated rings. The molecule has 0 saturated heterocycles. The third-order valence-electron chi connectivity index (χ3n) is 1.66. The maximum absolute atomic E-state index is 5.06. The zero-order valence-corrected chi connectivity index (χ0v) is 7.32. The lowest BCUT2D eigenvalue weighted by Crippen LogP contribution is -2.32. The number of rotatable bonds is 4. The first-order chi connectivity index (χ1) is 5.83. The Labute approximate surface area is 71.8 Å². The van der Waals surface area contributed by atoms with E-state index in [1.54, 1.807) is 20.4 Å². The van der Waals surface area contributed by atoms with E-state index in [2.05, 4.69) is 5.16 Å². The standard InChI is InChI=1S/C8H13NO3/c1-10-6-8(7-11-2)3-4-12-9-5-8/h3-5H,6-7H2,1-2H3. The molecule has 1 aliphatic heterocycles. The van der Waals surface area contributed by atoms with Crippen molar-refractivity contribution in [3.63, 3.8) is 0 Å². The van der Waals surface area contributed by atoms with E-state index >= 15 is 0 Å². The number of hydrogen-bond acceptors (Lipinski definition) is 4. The topological polar surface area (TPSA) is 40.0 Å². The van der Waals surface area contributed by atoms with Crippen LogP contribution in [-0.4, -0.2) is 33.6 Å². The van der Waals surface area contributed by atoms with Crippen molar-refractivity contribution in [2.24, 2.45) is 10.6 Å². The maximum atomic E-state index is 5.06. The van der Waals surface area contributed by atoms with Crippen molar-refractivity contribution in [2.75, 3.05) is 27.4 Å². The van der Waals surface area contributed by atoms with Crippen molar-refractivity contribution in [1.82, 2.24) is 0 Å². The van der Waals surface area contributed by atoms with E-state index in [1.807, 2.05) is 6.08 Å². The van der Waals surface area contributed by atoms with E-state index in [0.29, 0.717) is 13.2 Å². The first-order valence-corrected chi connectivity index (χ1v) is 3.69. The molecule has 0 bridgehead atoms. The summed E-state index contributed by atoms with van der Waals surface area (Å²) in [5.41, 5.74) is -0.262. The number of methoxy groups -OCH3 is 2. The van der Waals surface area contributed by atoms with Crippen LogP contribution in [0.25, 0.3) is 0 Å². The Kier molecular flexibility index (Phi) is 3.25. The summed E-state index contributed by atoms with van der Waals surface area (Å²) in [7, 11) is 3.29. The molecule has 1 aliphatic rings. The smallest absolute Gasteiger partial charge is 0.119 e. The van der Waals surface area contributed by atoms with Gasteiger partial charge in [-0.25, -0.2) is 0 Å². The van der Waals surface area contributed by atoms with E-state index in [1.165, 1.54) is 6.26 Å². The first-order valence-electron chi connectivity index (χ1n) is 3.69. The van der Waals surface area contributed by atoms with Gasteiger partial charge in [0.05, 0.1) is 24.8 Å². The summed E-state index contributed by atoms with van der Waals surface area (Å²) in [6.07, 6.45) is 5.12. The largest absolute Gasteiger partial charge is 0.383 e. The van der Waals surface area contributed by atoms with Crippen LogP contribution in [0, 0.1) is 5.41 Å². The molecular formula is C8H13NO3. The quantitative estimate of drug-likeness (QED) is 0.628. The highest BCUT2D eigenvalue weighted by Gasteiger charge is 2.27. The van der Waals surface area contributed by atoms with Crippen LogP contribution >= 0.6 is 0 Å². The number of hydrogen-bond donors (Lipinski definition) is 0. The third kappa shape index (κ3) is 2.06. The Hall–Kier alpha value is -0.870. The monoisotopic (exact) mass is 171 g/mol. The summed E-state index contributed by atoms with van der Waals surface area (Å²) in [6.45, 7) is 1.09. The summed E-state index contributed by atoms with van der Waals surface area (Å²) in [4.78, 5) is 4.70. The van der Waals surface area contributed by atoms with E-state index in [-0.39, 0.29) is 5.41 Å². The van der Waals surface area contributed by atoms with Crippen LogP contribution in [0.3, 0.4) is 0 Å². The van der Waals surface area contributed by atoms with Gasteiger partial charge in [-0.15, -0.1) is 0 Å². The fourth-order valence-electron chi connectivity index (χ4n) is 1.13. The van der Waals surface area contributed by atoms with Gasteiger partial charge >= 0.3 is 0 Å². The third-order valence-corrected chi connectivity index (χ3v) is 1.66. The molecule has 4 nitrogen and oxygen atoms in total. The predicted molar refractivity (Wildman–Crippen MR) is 44.9 cm³/mol. The van der Waals surface area contributed by atoms with Crippen LogP contribution in [0.2, 0.25) is 0 Å². The molecule has 4 heteroatoms. The van der Waals surface area contributed by atoms with Crippen LogP contribution in [0.15, 0.2) is 17.5 Å². The Bertz CT molecular complexity index is 169. The second-order valence-corrected chi connectivity index (χ2v) is 2.74. The fourth-order valence-corrected chi connectivity index (χ4v) is 1.13. The van der Waals surface area contributed by atoms with Gasteiger partial charge in [0, 0.05) is 14.2 Å². The van der Waals surface area contributed by atoms with Gasteiger partial charge in [-0.2, -0.15) is 0 Å². The number of oxime groups is 1. The van der Waals surface area contributed by atoms with Gasteiger partial charge in [-0.05, 0) is 6.08 Å². The second-order valence-electron chi connectivity index (χ2n) is 2.74. The highest BCUT2D eigenvalue weighted by atomic mass is 16.6. The SMILES string of the molecule is COCC1(COC)C=CON=C1. The molecule has 0 aromatic carbocycles. The van der Waals surface area contributed by atoms with Gasteiger partial charge in [-0.1, -0.05) is 5.16 Å².